The van der Waals surface area contributed by atoms with Crippen LogP contribution in [0.3, 0.4) is 0 Å². The van der Waals surface area contributed by atoms with Crippen molar-refractivity contribution in [2.75, 3.05) is 18.6 Å². The Morgan fingerprint density at radius 1 is 1.62 bits per heavy atom. The van der Waals surface area contributed by atoms with E-state index in [1.54, 1.807) is 12.4 Å². The lowest BCUT2D eigenvalue weighted by atomic mass is 10.3. The first-order valence-corrected chi connectivity index (χ1v) is 4.88. The van der Waals surface area contributed by atoms with E-state index in [1.807, 2.05) is 24.9 Å². The first-order valence-electron chi connectivity index (χ1n) is 4.09. The van der Waals surface area contributed by atoms with Gasteiger partial charge in [-0.2, -0.15) is 0 Å². The molecule has 0 radical (unpaired) electrons. The highest BCUT2D eigenvalue weighted by Gasteiger charge is 2.08. The lowest BCUT2D eigenvalue weighted by Crippen LogP contribution is -2.31. The zero-order valence-electron chi connectivity index (χ0n) is 7.74. The van der Waals surface area contributed by atoms with Gasteiger partial charge in [0.05, 0.1) is 18.5 Å². The minimum absolute atomic E-state index is 0.107. The fraction of sp³-hybridized carbons (Fsp3) is 0.444. The number of aliphatic hydroxyl groups is 1. The molecule has 0 spiro atoms. The van der Waals surface area contributed by atoms with Crippen molar-refractivity contribution in [1.29, 1.82) is 0 Å². The smallest absolute Gasteiger partial charge is 0.0632 e. The van der Waals surface area contributed by atoms with Crippen molar-refractivity contribution in [3.05, 3.63) is 22.9 Å². The second-order valence-corrected chi connectivity index (χ2v) is 3.92. The van der Waals surface area contributed by atoms with Gasteiger partial charge in [-0.25, -0.2) is 0 Å². The zero-order chi connectivity index (χ0) is 9.84. The van der Waals surface area contributed by atoms with Crippen molar-refractivity contribution in [3.8, 4) is 0 Å². The van der Waals surface area contributed by atoms with Crippen molar-refractivity contribution in [1.82, 2.24) is 4.98 Å². The third-order valence-corrected chi connectivity index (χ3v) is 2.46. The first-order chi connectivity index (χ1) is 6.15. The van der Waals surface area contributed by atoms with Crippen LogP contribution in [-0.2, 0) is 0 Å². The lowest BCUT2D eigenvalue weighted by molar-refractivity contribution is 0.270. The number of pyridine rings is 1. The predicted octanol–water partition coefficient (Wildman–Crippen LogP) is 1.66. The second kappa shape index (κ2) is 4.58. The van der Waals surface area contributed by atoms with E-state index < -0.39 is 0 Å². The van der Waals surface area contributed by atoms with Crippen LogP contribution in [0.25, 0.3) is 0 Å². The van der Waals surface area contributed by atoms with E-state index in [9.17, 15) is 0 Å². The highest BCUT2D eigenvalue weighted by atomic mass is 79.9. The minimum atomic E-state index is 0.107. The summed E-state index contributed by atoms with van der Waals surface area (Å²) in [5, 5.41) is 8.96. The summed E-state index contributed by atoms with van der Waals surface area (Å²) < 4.78 is 0.946. The van der Waals surface area contributed by atoms with Crippen LogP contribution in [-0.4, -0.2) is 29.8 Å². The number of likely N-dealkylation sites (N-methyl/N-ethyl adjacent to an activating group) is 1. The molecule has 1 heterocycles. The molecule has 0 aliphatic carbocycles. The molecular weight excluding hydrogens is 232 g/mol. The van der Waals surface area contributed by atoms with Crippen LogP contribution in [0, 0.1) is 0 Å². The van der Waals surface area contributed by atoms with Gasteiger partial charge < -0.3 is 10.0 Å². The van der Waals surface area contributed by atoms with Crippen LogP contribution in [0.15, 0.2) is 22.9 Å². The average molecular weight is 245 g/mol. The average Bonchev–Trinajstić information content (AvgIpc) is 2.15. The summed E-state index contributed by atoms with van der Waals surface area (Å²) in [5.74, 6) is 0. The van der Waals surface area contributed by atoms with Crippen molar-refractivity contribution in [3.63, 3.8) is 0 Å². The van der Waals surface area contributed by atoms with Crippen molar-refractivity contribution < 1.29 is 5.11 Å². The van der Waals surface area contributed by atoms with Gasteiger partial charge in [-0.1, -0.05) is 0 Å². The van der Waals surface area contributed by atoms with Crippen LogP contribution in [0.1, 0.15) is 6.92 Å². The molecule has 4 heteroatoms. The molecule has 0 saturated heterocycles. The van der Waals surface area contributed by atoms with Gasteiger partial charge in [0.2, 0.25) is 0 Å². The van der Waals surface area contributed by atoms with Crippen LogP contribution in [0.5, 0.6) is 0 Å². The molecule has 0 bridgehead atoms. The molecule has 1 aromatic heterocycles. The second-order valence-electron chi connectivity index (χ2n) is 3.00. The zero-order valence-corrected chi connectivity index (χ0v) is 9.32. The van der Waals surface area contributed by atoms with Gasteiger partial charge >= 0.3 is 0 Å². The molecule has 1 unspecified atom stereocenters. The van der Waals surface area contributed by atoms with E-state index in [0.717, 1.165) is 10.2 Å². The molecule has 0 aliphatic heterocycles. The first kappa shape index (κ1) is 10.5. The SMILES string of the molecule is CC(CO)N(C)c1cncc(Br)c1. The summed E-state index contributed by atoms with van der Waals surface area (Å²) in [6, 6.07) is 2.08. The van der Waals surface area contributed by atoms with Crippen molar-refractivity contribution in [2.24, 2.45) is 0 Å². The molecule has 0 aliphatic rings. The van der Waals surface area contributed by atoms with Gasteiger partial charge in [-0.15, -0.1) is 0 Å². The van der Waals surface area contributed by atoms with Gasteiger partial charge in [0.15, 0.2) is 0 Å². The number of hydrogen-bond donors (Lipinski definition) is 1. The third kappa shape index (κ3) is 2.67. The van der Waals surface area contributed by atoms with Gasteiger partial charge in [-0.3, -0.25) is 4.98 Å². The number of aliphatic hydroxyl groups excluding tert-OH is 1. The summed E-state index contributed by atoms with van der Waals surface area (Å²) in [6.07, 6.45) is 3.51. The highest BCUT2D eigenvalue weighted by Crippen LogP contribution is 2.18. The van der Waals surface area contributed by atoms with E-state index in [1.165, 1.54) is 0 Å². The molecule has 13 heavy (non-hydrogen) atoms. The van der Waals surface area contributed by atoms with Crippen LogP contribution >= 0.6 is 15.9 Å². The van der Waals surface area contributed by atoms with E-state index in [4.69, 9.17) is 5.11 Å². The largest absolute Gasteiger partial charge is 0.394 e. The molecule has 0 fully saturated rings. The van der Waals surface area contributed by atoms with E-state index in [0.29, 0.717) is 0 Å². The van der Waals surface area contributed by atoms with Crippen LogP contribution < -0.4 is 4.90 Å². The topological polar surface area (TPSA) is 36.4 Å². The molecule has 3 nitrogen and oxygen atoms in total. The van der Waals surface area contributed by atoms with Crippen LogP contribution in [0.4, 0.5) is 5.69 Å². The third-order valence-electron chi connectivity index (χ3n) is 2.02. The Labute approximate surface area is 86.5 Å². The molecule has 1 atom stereocenters. The fourth-order valence-corrected chi connectivity index (χ4v) is 1.32. The Balaban J connectivity index is 2.82. The molecule has 72 valence electrons. The highest BCUT2D eigenvalue weighted by molar-refractivity contribution is 9.10. The molecule has 0 amide bonds. The standard InChI is InChI=1S/C9H13BrN2O/c1-7(6-13)12(2)9-3-8(10)4-11-5-9/h3-5,7,13H,6H2,1-2H3. The van der Waals surface area contributed by atoms with Gasteiger partial charge in [0, 0.05) is 23.8 Å². The maximum absolute atomic E-state index is 8.96. The predicted molar refractivity (Wildman–Crippen MR) is 56.9 cm³/mol. The number of anilines is 1. The summed E-state index contributed by atoms with van der Waals surface area (Å²) >= 11 is 3.35. The molecular formula is C9H13BrN2O. The Morgan fingerprint density at radius 2 is 2.31 bits per heavy atom. The van der Waals surface area contributed by atoms with E-state index in [-0.39, 0.29) is 12.6 Å². The number of hydrogen-bond acceptors (Lipinski definition) is 3. The quantitative estimate of drug-likeness (QED) is 0.879. The Hall–Kier alpha value is -0.610. The monoisotopic (exact) mass is 244 g/mol. The summed E-state index contributed by atoms with van der Waals surface area (Å²) in [5.41, 5.74) is 0.996. The molecule has 1 rings (SSSR count). The fourth-order valence-electron chi connectivity index (χ4n) is 0.970. The summed E-state index contributed by atoms with van der Waals surface area (Å²) in [6.45, 7) is 2.10. The molecule has 1 aromatic rings. The van der Waals surface area contributed by atoms with Gasteiger partial charge in [0.25, 0.3) is 0 Å². The number of halogens is 1. The lowest BCUT2D eigenvalue weighted by Gasteiger charge is -2.24. The maximum atomic E-state index is 8.96. The minimum Gasteiger partial charge on any atom is -0.394 e. The number of rotatable bonds is 3. The normalized spacial score (nSPS) is 12.6. The maximum Gasteiger partial charge on any atom is 0.0632 e. The Morgan fingerprint density at radius 3 is 2.85 bits per heavy atom. The molecule has 1 N–H and O–H groups in total. The number of nitrogens with zero attached hydrogens (tertiary/aromatic N) is 2. The molecule has 0 aromatic carbocycles. The van der Waals surface area contributed by atoms with Crippen LogP contribution in [0.2, 0.25) is 0 Å². The molecule has 0 saturated carbocycles. The Bertz CT molecular complexity index is 280. The number of aromatic nitrogens is 1. The summed E-state index contributed by atoms with van der Waals surface area (Å²) in [7, 11) is 1.93. The van der Waals surface area contributed by atoms with E-state index >= 15 is 0 Å². The van der Waals surface area contributed by atoms with Crippen molar-refractivity contribution >= 4 is 21.6 Å². The van der Waals surface area contributed by atoms with Crippen molar-refractivity contribution in [2.45, 2.75) is 13.0 Å². The summed E-state index contributed by atoms with van der Waals surface area (Å²) in [4.78, 5) is 6.04. The Kier molecular flexibility index (Phi) is 3.69. The van der Waals surface area contributed by atoms with E-state index in [2.05, 4.69) is 20.9 Å². The van der Waals surface area contributed by atoms with Gasteiger partial charge in [-0.05, 0) is 28.9 Å². The van der Waals surface area contributed by atoms with Gasteiger partial charge in [0.1, 0.15) is 0 Å².